The second-order valence-corrected chi connectivity index (χ2v) is 9.30. The van der Waals surface area contributed by atoms with Crippen LogP contribution in [0.1, 0.15) is 46.9 Å². The van der Waals surface area contributed by atoms with Crippen molar-refractivity contribution in [2.24, 2.45) is 5.73 Å². The molecule has 4 aromatic rings. The van der Waals surface area contributed by atoms with Crippen LogP contribution < -0.4 is 21.1 Å². The maximum absolute atomic E-state index is 12.9. The topological polar surface area (TPSA) is 124 Å². The number of primary amides is 1. The van der Waals surface area contributed by atoms with Gasteiger partial charge in [0, 0.05) is 30.3 Å². The van der Waals surface area contributed by atoms with Gasteiger partial charge >= 0.3 is 6.03 Å². The van der Waals surface area contributed by atoms with Crippen molar-refractivity contribution in [3.8, 4) is 17.2 Å². The first-order chi connectivity index (χ1) is 17.9. The van der Waals surface area contributed by atoms with E-state index in [1.807, 2.05) is 37.3 Å². The lowest BCUT2D eigenvalue weighted by Crippen LogP contribution is -2.21. The van der Waals surface area contributed by atoms with Gasteiger partial charge in [-0.3, -0.25) is 15.1 Å². The van der Waals surface area contributed by atoms with Gasteiger partial charge in [0.25, 0.3) is 5.91 Å². The number of aromatic nitrogens is 3. The number of carbonyl (C=O) groups excluding carboxylic acids is 2. The molecule has 1 aliphatic carbocycles. The molecule has 1 aliphatic rings. The number of anilines is 2. The quantitative estimate of drug-likeness (QED) is 0.276. The Balaban J connectivity index is 1.31. The van der Waals surface area contributed by atoms with Crippen LogP contribution in [0.4, 0.5) is 16.3 Å². The third-order valence-corrected chi connectivity index (χ3v) is 6.46. The van der Waals surface area contributed by atoms with Crippen LogP contribution in [0.2, 0.25) is 5.02 Å². The van der Waals surface area contributed by atoms with Crippen molar-refractivity contribution >= 4 is 35.0 Å². The highest BCUT2D eigenvalue weighted by atomic mass is 35.5. The fraction of sp³-hybridized carbons (Fsp3) is 0.185. The number of pyridine rings is 1. The third-order valence-electron chi connectivity index (χ3n) is 6.15. The number of hydrogen-bond donors (Lipinski definition) is 3. The summed E-state index contributed by atoms with van der Waals surface area (Å²) in [6.45, 7) is 2.01. The molecule has 0 saturated heterocycles. The number of nitrogens with two attached hydrogens (primary N) is 1. The molecule has 3 amide bonds. The van der Waals surface area contributed by atoms with Gasteiger partial charge in [-0.15, -0.1) is 0 Å². The molecule has 10 heteroatoms. The van der Waals surface area contributed by atoms with Crippen molar-refractivity contribution in [1.29, 1.82) is 0 Å². The number of carbonyl (C=O) groups is 2. The first kappa shape index (κ1) is 24.3. The average Bonchev–Trinajstić information content (AvgIpc) is 3.22. The zero-order chi connectivity index (χ0) is 25.9. The Labute approximate surface area is 218 Å². The fourth-order valence-electron chi connectivity index (χ4n) is 4.02. The highest BCUT2D eigenvalue weighted by molar-refractivity contribution is 6.34. The molecule has 2 heterocycles. The lowest BCUT2D eigenvalue weighted by molar-refractivity contribution is 0.0995. The Kier molecular flexibility index (Phi) is 6.78. The van der Waals surface area contributed by atoms with Crippen LogP contribution in [0.3, 0.4) is 0 Å². The second kappa shape index (κ2) is 10.3. The van der Waals surface area contributed by atoms with Gasteiger partial charge in [0.1, 0.15) is 23.0 Å². The maximum Gasteiger partial charge on any atom is 0.324 e. The van der Waals surface area contributed by atoms with Crippen LogP contribution in [-0.4, -0.2) is 26.7 Å². The molecule has 2 aromatic heterocycles. The maximum atomic E-state index is 12.9. The van der Waals surface area contributed by atoms with E-state index in [2.05, 4.69) is 15.6 Å². The molecular weight excluding hydrogens is 492 g/mol. The van der Waals surface area contributed by atoms with E-state index in [1.165, 1.54) is 18.7 Å². The van der Waals surface area contributed by atoms with Gasteiger partial charge < -0.3 is 15.8 Å². The van der Waals surface area contributed by atoms with Crippen LogP contribution in [-0.2, 0) is 0 Å². The number of amides is 3. The molecule has 5 rings (SSSR count). The second-order valence-electron chi connectivity index (χ2n) is 8.90. The Morgan fingerprint density at radius 2 is 1.86 bits per heavy atom. The van der Waals surface area contributed by atoms with E-state index in [9.17, 15) is 9.59 Å². The predicted molar refractivity (Wildman–Crippen MR) is 142 cm³/mol. The van der Waals surface area contributed by atoms with Crippen molar-refractivity contribution < 1.29 is 14.3 Å². The van der Waals surface area contributed by atoms with Gasteiger partial charge in [0.2, 0.25) is 0 Å². The molecule has 1 saturated carbocycles. The van der Waals surface area contributed by atoms with Crippen LogP contribution in [0, 0.1) is 6.92 Å². The number of halogens is 1. The Hall–Kier alpha value is -4.37. The number of rotatable bonds is 7. The van der Waals surface area contributed by atoms with E-state index in [4.69, 9.17) is 27.2 Å². The van der Waals surface area contributed by atoms with Crippen molar-refractivity contribution in [3.63, 3.8) is 0 Å². The number of ether oxygens (including phenoxy) is 1. The van der Waals surface area contributed by atoms with Crippen LogP contribution >= 0.6 is 11.6 Å². The third kappa shape index (κ3) is 5.57. The van der Waals surface area contributed by atoms with Gasteiger partial charge in [-0.05, 0) is 55.7 Å². The summed E-state index contributed by atoms with van der Waals surface area (Å²) in [6, 6.07) is 17.3. The molecule has 0 aliphatic heterocycles. The van der Waals surface area contributed by atoms with E-state index in [-0.39, 0.29) is 10.7 Å². The number of urea groups is 1. The van der Waals surface area contributed by atoms with E-state index in [0.29, 0.717) is 28.9 Å². The predicted octanol–water partition coefficient (Wildman–Crippen LogP) is 6.03. The van der Waals surface area contributed by atoms with Crippen molar-refractivity contribution in [1.82, 2.24) is 14.8 Å². The summed E-state index contributed by atoms with van der Waals surface area (Å²) in [4.78, 5) is 28.1. The summed E-state index contributed by atoms with van der Waals surface area (Å²) in [5.74, 6) is 1.13. The van der Waals surface area contributed by atoms with Crippen molar-refractivity contribution in [2.75, 3.05) is 10.6 Å². The summed E-state index contributed by atoms with van der Waals surface area (Å²) in [5.41, 5.74) is 8.70. The van der Waals surface area contributed by atoms with Crippen LogP contribution in [0.5, 0.6) is 11.5 Å². The largest absolute Gasteiger partial charge is 0.457 e. The van der Waals surface area contributed by atoms with E-state index in [0.717, 1.165) is 29.8 Å². The van der Waals surface area contributed by atoms with Gasteiger partial charge in [-0.1, -0.05) is 30.2 Å². The number of benzene rings is 2. The number of nitrogens with one attached hydrogen (secondary N) is 2. The average molecular weight is 517 g/mol. The summed E-state index contributed by atoms with van der Waals surface area (Å²) in [7, 11) is 0. The standard InChI is InChI=1S/C27H25ClN6O3/c1-16-4-2-7-18(12-16)34-25(15-23(33-34)17-5-3-6-17)32-27(36)31-22-9-8-19(13-21(22)28)37-20-10-11-30-24(14-20)26(29)35/h2,4,7-15,17H,3,5-6H2,1H3,(H2,29,35)(H2,31,32,36). The molecular formula is C27H25ClN6O3. The zero-order valence-electron chi connectivity index (χ0n) is 20.1. The lowest BCUT2D eigenvalue weighted by Gasteiger charge is -2.22. The first-order valence-corrected chi connectivity index (χ1v) is 12.2. The molecule has 0 unspecified atom stereocenters. The van der Waals surface area contributed by atoms with E-state index >= 15 is 0 Å². The Morgan fingerprint density at radius 3 is 2.57 bits per heavy atom. The molecule has 37 heavy (non-hydrogen) atoms. The molecule has 0 spiro atoms. The van der Waals surface area contributed by atoms with Gasteiger partial charge in [-0.25, -0.2) is 9.48 Å². The van der Waals surface area contributed by atoms with Crippen molar-refractivity contribution in [3.05, 3.63) is 88.8 Å². The minimum Gasteiger partial charge on any atom is -0.457 e. The normalized spacial score (nSPS) is 13.0. The van der Waals surface area contributed by atoms with Crippen LogP contribution in [0.25, 0.3) is 5.69 Å². The molecule has 0 atom stereocenters. The summed E-state index contributed by atoms with van der Waals surface area (Å²) < 4.78 is 7.51. The molecule has 2 aromatic carbocycles. The summed E-state index contributed by atoms with van der Waals surface area (Å²) in [6.07, 6.45) is 4.82. The number of aryl methyl sites for hydroxylation is 1. The highest BCUT2D eigenvalue weighted by Crippen LogP contribution is 2.37. The zero-order valence-corrected chi connectivity index (χ0v) is 20.8. The highest BCUT2D eigenvalue weighted by Gasteiger charge is 2.24. The molecule has 4 N–H and O–H groups in total. The van der Waals surface area contributed by atoms with Gasteiger partial charge in [-0.2, -0.15) is 5.10 Å². The van der Waals surface area contributed by atoms with E-state index < -0.39 is 11.9 Å². The number of nitrogens with zero attached hydrogens (tertiary/aromatic N) is 3. The summed E-state index contributed by atoms with van der Waals surface area (Å²) in [5, 5.41) is 10.8. The molecule has 9 nitrogen and oxygen atoms in total. The van der Waals surface area contributed by atoms with Gasteiger partial charge in [0.05, 0.1) is 22.1 Å². The Morgan fingerprint density at radius 1 is 1.05 bits per heavy atom. The minimum atomic E-state index is -0.655. The SMILES string of the molecule is Cc1cccc(-n2nc(C3CCC3)cc2NC(=O)Nc2ccc(Oc3ccnc(C(N)=O)c3)cc2Cl)c1. The van der Waals surface area contributed by atoms with Gasteiger partial charge in [0.15, 0.2) is 0 Å². The molecule has 1 fully saturated rings. The smallest absolute Gasteiger partial charge is 0.324 e. The monoisotopic (exact) mass is 516 g/mol. The Bertz CT molecular complexity index is 1480. The molecule has 0 bridgehead atoms. The first-order valence-electron chi connectivity index (χ1n) is 11.8. The van der Waals surface area contributed by atoms with Crippen molar-refractivity contribution in [2.45, 2.75) is 32.1 Å². The molecule has 188 valence electrons. The number of hydrogen-bond acceptors (Lipinski definition) is 5. The summed E-state index contributed by atoms with van der Waals surface area (Å²) >= 11 is 6.41. The van der Waals surface area contributed by atoms with E-state index in [1.54, 1.807) is 28.9 Å². The fourth-order valence-corrected chi connectivity index (χ4v) is 4.24. The molecule has 0 radical (unpaired) electrons. The van der Waals surface area contributed by atoms with Crippen LogP contribution in [0.15, 0.2) is 66.9 Å². The minimum absolute atomic E-state index is 0.0870. The lowest BCUT2D eigenvalue weighted by atomic mass is 9.83.